The van der Waals surface area contributed by atoms with Gasteiger partial charge in [-0.1, -0.05) is 18.2 Å². The molecule has 6 heteroatoms. The Morgan fingerprint density at radius 1 is 1.24 bits per heavy atom. The number of amides is 2. The summed E-state index contributed by atoms with van der Waals surface area (Å²) in [6.07, 6.45) is 1.06. The molecule has 1 aliphatic rings. The van der Waals surface area contributed by atoms with Crippen molar-refractivity contribution in [1.29, 1.82) is 0 Å². The molecule has 2 rings (SSSR count). The molecule has 1 heterocycles. The predicted molar refractivity (Wildman–Crippen MR) is 95.5 cm³/mol. The van der Waals surface area contributed by atoms with E-state index in [2.05, 4.69) is 0 Å². The van der Waals surface area contributed by atoms with Gasteiger partial charge in [0.15, 0.2) is 0 Å². The number of likely N-dealkylation sites (N-methyl/N-ethyl adjacent to an activating group) is 1. The SMILES string of the molecule is CN(CCOc1ccccc1)C(=O)C1CCCN1C(=O)OC(C)(C)C. The second kappa shape index (κ2) is 8.23. The summed E-state index contributed by atoms with van der Waals surface area (Å²) in [7, 11) is 1.74. The van der Waals surface area contributed by atoms with Gasteiger partial charge >= 0.3 is 6.09 Å². The summed E-state index contributed by atoms with van der Waals surface area (Å²) in [5.74, 6) is 0.708. The van der Waals surface area contributed by atoms with E-state index in [1.54, 1.807) is 16.8 Å². The molecule has 1 aromatic carbocycles. The Kier molecular flexibility index (Phi) is 6.28. The maximum Gasteiger partial charge on any atom is 0.410 e. The molecule has 25 heavy (non-hydrogen) atoms. The Hall–Kier alpha value is -2.24. The van der Waals surface area contributed by atoms with Crippen molar-refractivity contribution in [2.24, 2.45) is 0 Å². The first-order chi connectivity index (χ1) is 11.8. The average molecular weight is 348 g/mol. The molecular formula is C19H28N2O4. The number of benzene rings is 1. The second-order valence-corrected chi connectivity index (χ2v) is 7.25. The van der Waals surface area contributed by atoms with Crippen LogP contribution in [0.25, 0.3) is 0 Å². The van der Waals surface area contributed by atoms with E-state index >= 15 is 0 Å². The average Bonchev–Trinajstić information content (AvgIpc) is 3.03. The first-order valence-corrected chi connectivity index (χ1v) is 8.70. The Morgan fingerprint density at radius 3 is 2.56 bits per heavy atom. The van der Waals surface area contributed by atoms with Crippen molar-refractivity contribution in [2.75, 3.05) is 26.7 Å². The Bertz CT molecular complexity index is 583. The molecule has 0 radical (unpaired) electrons. The lowest BCUT2D eigenvalue weighted by Gasteiger charge is -2.30. The van der Waals surface area contributed by atoms with E-state index in [-0.39, 0.29) is 5.91 Å². The molecule has 0 bridgehead atoms. The van der Waals surface area contributed by atoms with Crippen LogP contribution in [0.5, 0.6) is 5.75 Å². The van der Waals surface area contributed by atoms with Crippen LogP contribution in [0.4, 0.5) is 4.79 Å². The van der Waals surface area contributed by atoms with Crippen LogP contribution >= 0.6 is 0 Å². The van der Waals surface area contributed by atoms with Gasteiger partial charge < -0.3 is 14.4 Å². The van der Waals surface area contributed by atoms with E-state index in [1.165, 1.54) is 0 Å². The number of ether oxygens (including phenoxy) is 2. The van der Waals surface area contributed by atoms with Crippen molar-refractivity contribution in [2.45, 2.75) is 45.3 Å². The minimum Gasteiger partial charge on any atom is -0.492 e. The zero-order valence-electron chi connectivity index (χ0n) is 15.5. The molecule has 0 aromatic heterocycles. The predicted octanol–water partition coefficient (Wildman–Crippen LogP) is 2.92. The summed E-state index contributed by atoms with van der Waals surface area (Å²) in [6, 6.07) is 9.04. The van der Waals surface area contributed by atoms with Gasteiger partial charge in [0, 0.05) is 13.6 Å². The summed E-state index contributed by atoms with van der Waals surface area (Å²) >= 11 is 0. The van der Waals surface area contributed by atoms with Gasteiger partial charge in [-0.05, 0) is 45.7 Å². The van der Waals surface area contributed by atoms with E-state index in [4.69, 9.17) is 9.47 Å². The van der Waals surface area contributed by atoms with Crippen LogP contribution in [0.3, 0.4) is 0 Å². The molecular weight excluding hydrogens is 320 g/mol. The molecule has 2 amide bonds. The van der Waals surface area contributed by atoms with Crippen molar-refractivity contribution >= 4 is 12.0 Å². The highest BCUT2D eigenvalue weighted by Crippen LogP contribution is 2.22. The molecule has 1 saturated heterocycles. The Morgan fingerprint density at radius 2 is 1.92 bits per heavy atom. The maximum absolute atomic E-state index is 12.7. The minimum absolute atomic E-state index is 0.0694. The summed E-state index contributed by atoms with van der Waals surface area (Å²) in [5, 5.41) is 0. The third kappa shape index (κ3) is 5.66. The molecule has 1 unspecified atom stereocenters. The fourth-order valence-corrected chi connectivity index (χ4v) is 2.74. The Balaban J connectivity index is 1.86. The zero-order chi connectivity index (χ0) is 18.4. The third-order valence-electron chi connectivity index (χ3n) is 3.98. The maximum atomic E-state index is 12.7. The van der Waals surface area contributed by atoms with Gasteiger partial charge in [-0.3, -0.25) is 9.69 Å². The van der Waals surface area contributed by atoms with Crippen LogP contribution in [0.1, 0.15) is 33.6 Å². The van der Waals surface area contributed by atoms with Gasteiger partial charge in [-0.2, -0.15) is 0 Å². The minimum atomic E-state index is -0.567. The van der Waals surface area contributed by atoms with Gasteiger partial charge in [0.25, 0.3) is 0 Å². The van der Waals surface area contributed by atoms with Crippen LogP contribution in [0.15, 0.2) is 30.3 Å². The molecule has 1 aliphatic heterocycles. The van der Waals surface area contributed by atoms with Gasteiger partial charge in [0.1, 0.15) is 24.0 Å². The van der Waals surface area contributed by atoms with Gasteiger partial charge in [-0.25, -0.2) is 4.79 Å². The highest BCUT2D eigenvalue weighted by atomic mass is 16.6. The van der Waals surface area contributed by atoms with Crippen molar-refractivity contribution in [1.82, 2.24) is 9.80 Å². The van der Waals surface area contributed by atoms with E-state index in [1.807, 2.05) is 51.1 Å². The lowest BCUT2D eigenvalue weighted by atomic mass is 10.2. The first-order valence-electron chi connectivity index (χ1n) is 8.70. The van der Waals surface area contributed by atoms with Crippen LogP contribution in [0, 0.1) is 0 Å². The van der Waals surface area contributed by atoms with Gasteiger partial charge in [0.2, 0.25) is 5.91 Å². The number of nitrogens with zero attached hydrogens (tertiary/aromatic N) is 2. The number of hydrogen-bond donors (Lipinski definition) is 0. The standard InChI is InChI=1S/C19H28N2O4/c1-19(2,3)25-18(23)21-12-8-11-16(21)17(22)20(4)13-14-24-15-9-6-5-7-10-15/h5-7,9-10,16H,8,11-14H2,1-4H3. The molecule has 0 N–H and O–H groups in total. The van der Waals surface area contributed by atoms with E-state index in [9.17, 15) is 9.59 Å². The molecule has 0 spiro atoms. The monoisotopic (exact) mass is 348 g/mol. The Labute approximate surface area is 149 Å². The number of hydrogen-bond acceptors (Lipinski definition) is 4. The van der Waals surface area contributed by atoms with E-state index in [0.29, 0.717) is 26.1 Å². The summed E-state index contributed by atoms with van der Waals surface area (Å²) in [6.45, 7) is 6.90. The molecule has 0 saturated carbocycles. The summed E-state index contributed by atoms with van der Waals surface area (Å²) in [5.41, 5.74) is -0.567. The largest absolute Gasteiger partial charge is 0.492 e. The number of rotatable bonds is 5. The quantitative estimate of drug-likeness (QED) is 0.821. The highest BCUT2D eigenvalue weighted by Gasteiger charge is 2.37. The van der Waals surface area contributed by atoms with E-state index in [0.717, 1.165) is 12.2 Å². The van der Waals surface area contributed by atoms with Crippen molar-refractivity contribution in [3.05, 3.63) is 30.3 Å². The molecule has 0 aliphatic carbocycles. The van der Waals surface area contributed by atoms with Crippen LogP contribution < -0.4 is 4.74 Å². The van der Waals surface area contributed by atoms with E-state index < -0.39 is 17.7 Å². The second-order valence-electron chi connectivity index (χ2n) is 7.25. The smallest absolute Gasteiger partial charge is 0.410 e. The van der Waals surface area contributed by atoms with Crippen molar-refractivity contribution in [3.63, 3.8) is 0 Å². The third-order valence-corrected chi connectivity index (χ3v) is 3.98. The number of likely N-dealkylation sites (tertiary alicyclic amines) is 1. The topological polar surface area (TPSA) is 59.1 Å². The molecule has 6 nitrogen and oxygen atoms in total. The van der Waals surface area contributed by atoms with Crippen molar-refractivity contribution in [3.8, 4) is 5.75 Å². The van der Waals surface area contributed by atoms with Crippen LogP contribution in [0.2, 0.25) is 0 Å². The number of carbonyl (C=O) groups excluding carboxylic acids is 2. The first kappa shape index (κ1) is 19.1. The lowest BCUT2D eigenvalue weighted by molar-refractivity contribution is -0.134. The highest BCUT2D eigenvalue weighted by molar-refractivity contribution is 5.86. The lowest BCUT2D eigenvalue weighted by Crippen LogP contribution is -2.48. The number of para-hydroxylation sites is 1. The molecule has 1 fully saturated rings. The fourth-order valence-electron chi connectivity index (χ4n) is 2.74. The summed E-state index contributed by atoms with van der Waals surface area (Å²) in [4.78, 5) is 28.2. The zero-order valence-corrected chi connectivity index (χ0v) is 15.5. The van der Waals surface area contributed by atoms with Gasteiger partial charge in [-0.15, -0.1) is 0 Å². The normalized spacial score (nSPS) is 17.3. The molecule has 138 valence electrons. The van der Waals surface area contributed by atoms with Crippen LogP contribution in [-0.4, -0.2) is 60.2 Å². The molecule has 1 atom stereocenters. The summed E-state index contributed by atoms with van der Waals surface area (Å²) < 4.78 is 11.0. The molecule has 1 aromatic rings. The fraction of sp³-hybridized carbons (Fsp3) is 0.579. The van der Waals surface area contributed by atoms with Crippen molar-refractivity contribution < 1.29 is 19.1 Å². The van der Waals surface area contributed by atoms with Crippen LogP contribution in [-0.2, 0) is 9.53 Å². The van der Waals surface area contributed by atoms with Gasteiger partial charge in [0.05, 0.1) is 6.54 Å². The number of carbonyl (C=O) groups is 2.